The summed E-state index contributed by atoms with van der Waals surface area (Å²) in [6.45, 7) is -0.0477. The molecule has 0 heterocycles. The molecule has 31 heavy (non-hydrogen) atoms. The number of ether oxygens (including phenoxy) is 3. The number of benzene rings is 3. The quantitative estimate of drug-likeness (QED) is 0.429. The van der Waals surface area contributed by atoms with Crippen molar-refractivity contribution in [3.63, 3.8) is 0 Å². The molecule has 0 N–H and O–H groups in total. The fraction of sp³-hybridized carbons (Fsp3) is 0.182. The Morgan fingerprint density at radius 2 is 1.45 bits per heavy atom. The van der Waals surface area contributed by atoms with E-state index in [2.05, 4.69) is 0 Å². The molecule has 0 bridgehead atoms. The number of hydrogen-bond donors (Lipinski definition) is 0. The predicted molar refractivity (Wildman–Crippen MR) is 122 cm³/mol. The van der Waals surface area contributed by atoms with Crippen LogP contribution < -0.4 is 18.5 Å². The minimum absolute atomic E-state index is 0.0477. The molecular weight excluding hydrogens is 461 g/mol. The lowest BCUT2D eigenvalue weighted by molar-refractivity contribution is 0.403. The highest BCUT2D eigenvalue weighted by atomic mass is 35.5. The number of sulfonamides is 1. The largest absolute Gasteiger partial charge is 0.497 e. The maximum atomic E-state index is 13.7. The van der Waals surface area contributed by atoms with Crippen LogP contribution in [0.5, 0.6) is 17.2 Å². The van der Waals surface area contributed by atoms with Gasteiger partial charge in [0.2, 0.25) is 0 Å². The summed E-state index contributed by atoms with van der Waals surface area (Å²) in [5.41, 5.74) is 0.886. The molecule has 3 rings (SSSR count). The molecule has 0 aliphatic carbocycles. The first kappa shape index (κ1) is 23.1. The highest BCUT2D eigenvalue weighted by Gasteiger charge is 2.29. The van der Waals surface area contributed by atoms with Gasteiger partial charge in [0.05, 0.1) is 38.5 Å². The van der Waals surface area contributed by atoms with E-state index in [1.165, 1.54) is 37.8 Å². The van der Waals surface area contributed by atoms with E-state index in [9.17, 15) is 8.42 Å². The maximum absolute atomic E-state index is 13.7. The van der Waals surface area contributed by atoms with Crippen molar-refractivity contribution in [2.45, 2.75) is 11.4 Å². The highest BCUT2D eigenvalue weighted by Crippen LogP contribution is 2.38. The van der Waals surface area contributed by atoms with Gasteiger partial charge in [-0.2, -0.15) is 0 Å². The molecular formula is C22H21Cl2NO5S. The van der Waals surface area contributed by atoms with Crippen molar-refractivity contribution in [3.05, 3.63) is 76.3 Å². The molecule has 6 nitrogen and oxygen atoms in total. The van der Waals surface area contributed by atoms with E-state index < -0.39 is 10.0 Å². The number of methoxy groups -OCH3 is 3. The SMILES string of the molecule is COc1ccc(S(=O)(=O)N(Cc2ccc(Cl)cc2Cl)c2cc(OC)ccc2OC)cc1. The van der Waals surface area contributed by atoms with E-state index in [0.717, 1.165) is 0 Å². The molecule has 0 saturated carbocycles. The summed E-state index contributed by atoms with van der Waals surface area (Å²) in [6.07, 6.45) is 0. The van der Waals surface area contributed by atoms with Gasteiger partial charge in [-0.15, -0.1) is 0 Å². The van der Waals surface area contributed by atoms with Crippen LogP contribution in [0.1, 0.15) is 5.56 Å². The number of rotatable bonds is 8. The molecule has 0 aliphatic heterocycles. The fourth-order valence-electron chi connectivity index (χ4n) is 2.97. The van der Waals surface area contributed by atoms with Gasteiger partial charge in [-0.05, 0) is 54.1 Å². The van der Waals surface area contributed by atoms with Crippen molar-refractivity contribution in [1.29, 1.82) is 0 Å². The third-order valence-electron chi connectivity index (χ3n) is 4.63. The second-order valence-electron chi connectivity index (χ2n) is 6.46. The number of hydrogen-bond acceptors (Lipinski definition) is 5. The molecule has 0 atom stereocenters. The van der Waals surface area contributed by atoms with Crippen LogP contribution in [0.15, 0.2) is 65.6 Å². The first-order valence-corrected chi connectivity index (χ1v) is 11.3. The zero-order valence-corrected chi connectivity index (χ0v) is 19.5. The van der Waals surface area contributed by atoms with E-state index >= 15 is 0 Å². The summed E-state index contributed by atoms with van der Waals surface area (Å²) < 4.78 is 44.5. The Labute approximate surface area is 191 Å². The smallest absolute Gasteiger partial charge is 0.264 e. The summed E-state index contributed by atoms with van der Waals surface area (Å²) in [4.78, 5) is 0.0864. The summed E-state index contributed by atoms with van der Waals surface area (Å²) in [5.74, 6) is 1.39. The van der Waals surface area contributed by atoms with Crippen LogP contribution in [0.25, 0.3) is 0 Å². The first-order chi connectivity index (χ1) is 14.8. The number of anilines is 1. The fourth-order valence-corrected chi connectivity index (χ4v) is 4.88. The van der Waals surface area contributed by atoms with Crippen LogP contribution in [0, 0.1) is 0 Å². The van der Waals surface area contributed by atoms with E-state index in [-0.39, 0.29) is 11.4 Å². The van der Waals surface area contributed by atoms with Gasteiger partial charge >= 0.3 is 0 Å². The molecule has 0 spiro atoms. The Hall–Kier alpha value is -2.61. The monoisotopic (exact) mass is 481 g/mol. The summed E-state index contributed by atoms with van der Waals surface area (Å²) in [6, 6.07) is 16.0. The predicted octanol–water partition coefficient (Wildman–Crippen LogP) is 5.41. The molecule has 0 amide bonds. The Morgan fingerprint density at radius 3 is 2.03 bits per heavy atom. The molecule has 3 aromatic rings. The van der Waals surface area contributed by atoms with Crippen LogP contribution in [0.2, 0.25) is 10.0 Å². The zero-order valence-electron chi connectivity index (χ0n) is 17.1. The molecule has 0 saturated heterocycles. The molecule has 0 unspecified atom stereocenters. The van der Waals surface area contributed by atoms with E-state index in [0.29, 0.717) is 38.5 Å². The summed E-state index contributed by atoms with van der Waals surface area (Å²) in [7, 11) is 0.477. The lowest BCUT2D eigenvalue weighted by Crippen LogP contribution is -2.31. The molecule has 0 aromatic heterocycles. The highest BCUT2D eigenvalue weighted by molar-refractivity contribution is 7.92. The maximum Gasteiger partial charge on any atom is 0.264 e. The number of halogens is 2. The van der Waals surface area contributed by atoms with Gasteiger partial charge in [0.1, 0.15) is 17.2 Å². The van der Waals surface area contributed by atoms with Crippen molar-refractivity contribution < 1.29 is 22.6 Å². The average Bonchev–Trinajstić information content (AvgIpc) is 2.78. The number of nitrogens with zero attached hydrogens (tertiary/aromatic N) is 1. The van der Waals surface area contributed by atoms with Crippen LogP contribution >= 0.6 is 23.2 Å². The lowest BCUT2D eigenvalue weighted by Gasteiger charge is -2.27. The standard InChI is InChI=1S/C22H21Cl2NO5S/c1-28-17-6-9-19(10-7-17)31(26,27)25(14-15-4-5-16(23)12-20(15)24)21-13-18(29-2)8-11-22(21)30-3/h4-13H,14H2,1-3H3. The molecule has 3 aromatic carbocycles. The average molecular weight is 482 g/mol. The minimum atomic E-state index is -4.01. The van der Waals surface area contributed by atoms with E-state index in [1.54, 1.807) is 48.5 Å². The zero-order chi connectivity index (χ0) is 22.6. The topological polar surface area (TPSA) is 65.1 Å². The van der Waals surface area contributed by atoms with Gasteiger partial charge in [-0.1, -0.05) is 29.3 Å². The van der Waals surface area contributed by atoms with Gasteiger partial charge in [-0.25, -0.2) is 8.42 Å². The Balaban J connectivity index is 2.18. The van der Waals surface area contributed by atoms with Crippen LogP contribution in [0.4, 0.5) is 5.69 Å². The van der Waals surface area contributed by atoms with Gasteiger partial charge in [0.15, 0.2) is 0 Å². The Kier molecular flexibility index (Phi) is 7.20. The van der Waals surface area contributed by atoms with Crippen molar-refractivity contribution >= 4 is 38.9 Å². The van der Waals surface area contributed by atoms with Crippen LogP contribution in [-0.4, -0.2) is 29.7 Å². The molecule has 0 aliphatic rings. The van der Waals surface area contributed by atoms with Crippen molar-refractivity contribution in [2.24, 2.45) is 0 Å². The third-order valence-corrected chi connectivity index (χ3v) is 6.99. The van der Waals surface area contributed by atoms with Crippen molar-refractivity contribution in [2.75, 3.05) is 25.6 Å². The van der Waals surface area contributed by atoms with Gasteiger partial charge in [0, 0.05) is 16.1 Å². The molecule has 9 heteroatoms. The third kappa shape index (κ3) is 5.01. The van der Waals surface area contributed by atoms with Gasteiger partial charge < -0.3 is 14.2 Å². The van der Waals surface area contributed by atoms with E-state index in [1.807, 2.05) is 0 Å². The summed E-state index contributed by atoms with van der Waals surface area (Å²) in [5, 5.41) is 0.807. The van der Waals surface area contributed by atoms with Crippen LogP contribution in [0.3, 0.4) is 0 Å². The summed E-state index contributed by atoms with van der Waals surface area (Å²) >= 11 is 12.4. The van der Waals surface area contributed by atoms with Crippen LogP contribution in [-0.2, 0) is 16.6 Å². The van der Waals surface area contributed by atoms with E-state index in [4.69, 9.17) is 37.4 Å². The Morgan fingerprint density at radius 1 is 0.806 bits per heavy atom. The molecule has 0 fully saturated rings. The lowest BCUT2D eigenvalue weighted by atomic mass is 10.2. The van der Waals surface area contributed by atoms with Gasteiger partial charge in [-0.3, -0.25) is 4.31 Å². The Bertz CT molecular complexity index is 1170. The van der Waals surface area contributed by atoms with Crippen molar-refractivity contribution in [3.8, 4) is 17.2 Å². The first-order valence-electron chi connectivity index (χ1n) is 9.13. The van der Waals surface area contributed by atoms with Gasteiger partial charge in [0.25, 0.3) is 10.0 Å². The second-order valence-corrected chi connectivity index (χ2v) is 9.17. The van der Waals surface area contributed by atoms with Crippen molar-refractivity contribution in [1.82, 2.24) is 0 Å². The minimum Gasteiger partial charge on any atom is -0.497 e. The molecule has 0 radical (unpaired) electrons. The molecule has 164 valence electrons. The normalized spacial score (nSPS) is 11.1. The second kappa shape index (κ2) is 9.68.